The monoisotopic (exact) mass is 481 g/mol. The molecule has 0 saturated carbocycles. The predicted molar refractivity (Wildman–Crippen MR) is 130 cm³/mol. The second kappa shape index (κ2) is 8.15. The Bertz CT molecular complexity index is 1160. The zero-order chi connectivity index (χ0) is 22.3. The molecule has 6 heteroatoms. The maximum Gasteiger partial charge on any atom is 0.307 e. The molecule has 0 radical (unpaired) electrons. The van der Waals surface area contributed by atoms with Gasteiger partial charge >= 0.3 is 5.91 Å². The second-order valence-corrected chi connectivity index (χ2v) is 10.1. The number of carbonyl (C=O) groups is 1. The van der Waals surface area contributed by atoms with Crippen LogP contribution in [0.5, 0.6) is 0 Å². The van der Waals surface area contributed by atoms with Gasteiger partial charge < -0.3 is 9.32 Å². The number of nitrogens with zero attached hydrogens (tertiary/aromatic N) is 2. The van der Waals surface area contributed by atoms with Crippen LogP contribution in [0.2, 0.25) is 0 Å². The summed E-state index contributed by atoms with van der Waals surface area (Å²) in [6.07, 6.45) is 2.78. The van der Waals surface area contributed by atoms with Gasteiger partial charge in [0.15, 0.2) is 5.76 Å². The van der Waals surface area contributed by atoms with E-state index >= 15 is 0 Å². The summed E-state index contributed by atoms with van der Waals surface area (Å²) < 4.78 is 6.55. The molecule has 0 saturated heterocycles. The molecule has 31 heavy (non-hydrogen) atoms. The summed E-state index contributed by atoms with van der Waals surface area (Å²) in [7, 11) is 0. The van der Waals surface area contributed by atoms with Gasteiger partial charge in [0, 0.05) is 27.1 Å². The number of hydrogen-bond donors (Lipinski definition) is 1. The molecule has 162 valence electrons. The quantitative estimate of drug-likeness (QED) is 0.343. The maximum absolute atomic E-state index is 12.4. The Balaban J connectivity index is 1.52. The third-order valence-electron chi connectivity index (χ3n) is 5.90. The first kappa shape index (κ1) is 21.6. The van der Waals surface area contributed by atoms with E-state index in [1.807, 2.05) is 18.2 Å². The fraction of sp³-hybridized carbons (Fsp3) is 0.360. The van der Waals surface area contributed by atoms with E-state index < -0.39 is 0 Å². The number of hydrogen-bond acceptors (Lipinski definition) is 4. The average Bonchev–Trinajstić information content (AvgIpc) is 3.10. The van der Waals surface area contributed by atoms with E-state index in [2.05, 4.69) is 84.2 Å². The van der Waals surface area contributed by atoms with Crippen molar-refractivity contribution in [1.82, 2.24) is 5.43 Å². The summed E-state index contributed by atoms with van der Waals surface area (Å²) in [6.45, 7) is 11.4. The molecule has 0 spiro atoms. The van der Waals surface area contributed by atoms with Gasteiger partial charge in [0.25, 0.3) is 0 Å². The van der Waals surface area contributed by atoms with Crippen LogP contribution in [0.15, 0.2) is 56.5 Å². The summed E-state index contributed by atoms with van der Waals surface area (Å²) in [6, 6.07) is 14.2. The Morgan fingerprint density at radius 3 is 2.77 bits per heavy atom. The molecule has 1 amide bonds. The Morgan fingerprint density at radius 1 is 1.26 bits per heavy atom. The Kier molecular flexibility index (Phi) is 5.69. The molecule has 0 aliphatic carbocycles. The molecule has 1 aliphatic rings. The number of anilines is 1. The molecule has 1 aromatic heterocycles. The van der Waals surface area contributed by atoms with Gasteiger partial charge in [-0.1, -0.05) is 28.9 Å². The lowest BCUT2D eigenvalue weighted by atomic mass is 9.79. The van der Waals surface area contributed by atoms with Crippen molar-refractivity contribution in [3.05, 3.63) is 63.8 Å². The van der Waals surface area contributed by atoms with Crippen LogP contribution in [0.1, 0.15) is 68.6 Å². The van der Waals surface area contributed by atoms with Crippen molar-refractivity contribution in [3.8, 4) is 0 Å². The van der Waals surface area contributed by atoms with Gasteiger partial charge in [0.05, 0.1) is 6.21 Å². The lowest BCUT2D eigenvalue weighted by Gasteiger charge is -2.50. The molecule has 3 aromatic rings. The zero-order valence-electron chi connectivity index (χ0n) is 18.6. The number of carbonyl (C=O) groups excluding carboxylic acids is 1. The molecule has 0 bridgehead atoms. The molecule has 1 N–H and O–H groups in total. The smallest absolute Gasteiger partial charge is 0.307 e. The highest BCUT2D eigenvalue weighted by atomic mass is 79.9. The van der Waals surface area contributed by atoms with Crippen molar-refractivity contribution in [2.45, 2.75) is 58.5 Å². The van der Waals surface area contributed by atoms with Gasteiger partial charge in [-0.25, -0.2) is 5.43 Å². The third kappa shape index (κ3) is 4.26. The summed E-state index contributed by atoms with van der Waals surface area (Å²) in [5.74, 6) is 0.319. The number of fused-ring (bicyclic) bond motifs is 2. The average molecular weight is 482 g/mol. The Morgan fingerprint density at radius 2 is 2.03 bits per heavy atom. The number of benzene rings is 2. The first-order valence-electron chi connectivity index (χ1n) is 10.6. The van der Waals surface area contributed by atoms with Crippen molar-refractivity contribution in [2.24, 2.45) is 5.10 Å². The lowest BCUT2D eigenvalue weighted by molar-refractivity contribution is 0.0929. The standard InChI is InChI=1S/C25H28BrN3O2/c1-15(2)29-21-8-6-17(10-20(21)16(3)13-25(29,4)5)14-27-28-24(30)23-12-18-11-19(26)7-9-22(18)31-23/h6-12,14-16H,13H2,1-5H3,(H,28,30)/b27-14+/t16-/m0/s1. The van der Waals surface area contributed by atoms with Crippen molar-refractivity contribution in [2.75, 3.05) is 4.90 Å². The number of amides is 1. The minimum atomic E-state index is -0.373. The van der Waals surface area contributed by atoms with Crippen molar-refractivity contribution in [1.29, 1.82) is 0 Å². The molecule has 0 unspecified atom stereocenters. The molecular formula is C25H28BrN3O2. The molecular weight excluding hydrogens is 454 g/mol. The number of rotatable bonds is 4. The third-order valence-corrected chi connectivity index (χ3v) is 6.39. The van der Waals surface area contributed by atoms with E-state index in [1.54, 1.807) is 12.3 Å². The van der Waals surface area contributed by atoms with Crippen LogP contribution in [0.25, 0.3) is 11.0 Å². The minimum Gasteiger partial charge on any atom is -0.451 e. The molecule has 2 aromatic carbocycles. The first-order valence-corrected chi connectivity index (χ1v) is 11.4. The first-order chi connectivity index (χ1) is 14.7. The highest BCUT2D eigenvalue weighted by molar-refractivity contribution is 9.10. The molecule has 1 atom stereocenters. The summed E-state index contributed by atoms with van der Waals surface area (Å²) in [5.41, 5.74) is 6.92. The second-order valence-electron chi connectivity index (χ2n) is 9.19. The van der Waals surface area contributed by atoms with Crippen LogP contribution in [0, 0.1) is 0 Å². The van der Waals surface area contributed by atoms with Gasteiger partial charge in [-0.05, 0) is 87.6 Å². The van der Waals surface area contributed by atoms with E-state index in [1.165, 1.54) is 11.3 Å². The lowest BCUT2D eigenvalue weighted by Crippen LogP contribution is -2.51. The number of halogens is 1. The summed E-state index contributed by atoms with van der Waals surface area (Å²) in [4.78, 5) is 14.9. The van der Waals surface area contributed by atoms with Crippen LogP contribution in [0.4, 0.5) is 5.69 Å². The van der Waals surface area contributed by atoms with Crippen molar-refractivity contribution in [3.63, 3.8) is 0 Å². The van der Waals surface area contributed by atoms with E-state index in [-0.39, 0.29) is 17.2 Å². The van der Waals surface area contributed by atoms with Crippen LogP contribution >= 0.6 is 15.9 Å². The van der Waals surface area contributed by atoms with Gasteiger partial charge in [-0.2, -0.15) is 5.10 Å². The van der Waals surface area contributed by atoms with E-state index in [0.717, 1.165) is 21.8 Å². The SMILES string of the molecule is CC(C)N1c2ccc(/C=N/NC(=O)c3cc4cc(Br)ccc4o3)cc2[C@@H](C)CC1(C)C. The van der Waals surface area contributed by atoms with Crippen LogP contribution in [-0.2, 0) is 0 Å². The predicted octanol–water partition coefficient (Wildman–Crippen LogP) is 6.46. The van der Waals surface area contributed by atoms with Crippen LogP contribution < -0.4 is 10.3 Å². The molecule has 4 rings (SSSR count). The molecule has 0 fully saturated rings. The largest absolute Gasteiger partial charge is 0.451 e. The van der Waals surface area contributed by atoms with Gasteiger partial charge in [0.2, 0.25) is 0 Å². The minimum absolute atomic E-state index is 0.117. The number of hydrazone groups is 1. The summed E-state index contributed by atoms with van der Waals surface area (Å²) >= 11 is 3.43. The number of furan rings is 1. The Hall–Kier alpha value is -2.60. The van der Waals surface area contributed by atoms with E-state index in [4.69, 9.17) is 4.42 Å². The highest BCUT2D eigenvalue weighted by Crippen LogP contribution is 2.44. The van der Waals surface area contributed by atoms with Crippen molar-refractivity contribution >= 4 is 44.7 Å². The molecule has 5 nitrogen and oxygen atoms in total. The number of nitrogens with one attached hydrogen (secondary N) is 1. The maximum atomic E-state index is 12.4. The topological polar surface area (TPSA) is 57.8 Å². The molecule has 1 aliphatic heterocycles. The van der Waals surface area contributed by atoms with Gasteiger partial charge in [-0.3, -0.25) is 4.79 Å². The van der Waals surface area contributed by atoms with Gasteiger partial charge in [-0.15, -0.1) is 0 Å². The van der Waals surface area contributed by atoms with E-state index in [9.17, 15) is 4.79 Å². The van der Waals surface area contributed by atoms with Crippen molar-refractivity contribution < 1.29 is 9.21 Å². The highest BCUT2D eigenvalue weighted by Gasteiger charge is 2.37. The fourth-order valence-corrected chi connectivity index (χ4v) is 5.25. The normalized spacial score (nSPS) is 18.0. The van der Waals surface area contributed by atoms with Crippen LogP contribution in [0.3, 0.4) is 0 Å². The zero-order valence-corrected chi connectivity index (χ0v) is 20.2. The Labute approximate surface area is 191 Å². The summed E-state index contributed by atoms with van der Waals surface area (Å²) in [5, 5.41) is 5.02. The fourth-order valence-electron chi connectivity index (χ4n) is 4.87. The molecule has 2 heterocycles. The van der Waals surface area contributed by atoms with Gasteiger partial charge in [0.1, 0.15) is 5.58 Å². The van der Waals surface area contributed by atoms with E-state index in [0.29, 0.717) is 17.5 Å². The van der Waals surface area contributed by atoms with Crippen LogP contribution in [-0.4, -0.2) is 23.7 Å².